The van der Waals surface area contributed by atoms with Crippen molar-refractivity contribution in [1.29, 1.82) is 0 Å². The van der Waals surface area contributed by atoms with Gasteiger partial charge in [0.1, 0.15) is 18.3 Å². The average molecular weight is 858 g/mol. The van der Waals surface area contributed by atoms with E-state index in [0.717, 1.165) is 17.5 Å². The monoisotopic (exact) mass is 858 g/mol. The first-order valence-corrected chi connectivity index (χ1v) is 22.9. The minimum Gasteiger partial charge on any atom is -0.481 e. The van der Waals surface area contributed by atoms with E-state index < -0.39 is 77.1 Å². The quantitative estimate of drug-likeness (QED) is 0.0959. The fourth-order valence-electron chi connectivity index (χ4n) is 14.6. The second kappa shape index (κ2) is 17.4. The summed E-state index contributed by atoms with van der Waals surface area (Å²) in [5, 5.41) is 90.5. The number of carboxylic acid groups (broad SMARTS) is 1. The molecule has 7 rings (SSSR count). The van der Waals surface area contributed by atoms with E-state index in [1.807, 2.05) is 38.2 Å². The molecule has 1 aliphatic heterocycles. The van der Waals surface area contributed by atoms with Crippen molar-refractivity contribution in [3.8, 4) is 0 Å². The molecule has 344 valence electrons. The van der Waals surface area contributed by atoms with Crippen LogP contribution in [-0.4, -0.2) is 123 Å². The van der Waals surface area contributed by atoms with Gasteiger partial charge in [-0.1, -0.05) is 70.5 Å². The Morgan fingerprint density at radius 1 is 0.934 bits per heavy atom. The second-order valence-electron chi connectivity index (χ2n) is 21.4. The molecule has 0 bridgehead atoms. The van der Waals surface area contributed by atoms with Crippen molar-refractivity contribution in [1.82, 2.24) is 5.32 Å². The smallest absolute Gasteiger partial charge is 0.310 e. The number of nitrogens with one attached hydrogen (secondary N) is 1. The summed E-state index contributed by atoms with van der Waals surface area (Å²) >= 11 is 0. The number of aliphatic hydroxyl groups is 7. The summed E-state index contributed by atoms with van der Waals surface area (Å²) in [6.07, 6.45) is -0.0971. The van der Waals surface area contributed by atoms with E-state index in [1.54, 1.807) is 0 Å². The Kier molecular flexibility index (Phi) is 13.4. The maximum atomic E-state index is 13.4. The normalized spacial score (nSPS) is 46.3. The molecule has 9 N–H and O–H groups in total. The molecule has 6 aliphatic rings. The van der Waals surface area contributed by atoms with Crippen molar-refractivity contribution < 1.29 is 59.9 Å². The van der Waals surface area contributed by atoms with Gasteiger partial charge in [0, 0.05) is 25.2 Å². The number of carbonyl (C=O) groups is 1. The molecule has 13 nitrogen and oxygen atoms in total. The fraction of sp³-hybridized carbons (Fsp3) is 0.812. The van der Waals surface area contributed by atoms with Gasteiger partial charge < -0.3 is 60.4 Å². The molecule has 0 spiro atoms. The first-order chi connectivity index (χ1) is 28.8. The van der Waals surface area contributed by atoms with Crippen LogP contribution in [-0.2, 0) is 32.2 Å². The van der Waals surface area contributed by atoms with Crippen molar-refractivity contribution >= 4 is 5.97 Å². The van der Waals surface area contributed by atoms with E-state index in [2.05, 4.69) is 39.1 Å². The number of hydrogen-bond acceptors (Lipinski definition) is 12. The molecule has 1 heterocycles. The maximum Gasteiger partial charge on any atom is 0.310 e. The first kappa shape index (κ1) is 47.0. The number of rotatable bonds is 14. The molecule has 1 aromatic rings. The van der Waals surface area contributed by atoms with Crippen LogP contribution >= 0.6 is 0 Å². The van der Waals surface area contributed by atoms with Crippen LogP contribution in [0.5, 0.6) is 0 Å². The lowest BCUT2D eigenvalue weighted by Crippen LogP contribution is -2.72. The van der Waals surface area contributed by atoms with Crippen molar-refractivity contribution in [2.24, 2.45) is 56.2 Å². The zero-order valence-electron chi connectivity index (χ0n) is 37.3. The van der Waals surface area contributed by atoms with Crippen molar-refractivity contribution in [2.75, 3.05) is 33.5 Å². The lowest BCUT2D eigenvalue weighted by atomic mass is 9.31. The molecule has 61 heavy (non-hydrogen) atoms. The van der Waals surface area contributed by atoms with Crippen LogP contribution in [0.4, 0.5) is 0 Å². The molecule has 4 saturated carbocycles. The molecule has 13 heteroatoms. The predicted molar refractivity (Wildman–Crippen MR) is 226 cm³/mol. The third kappa shape index (κ3) is 7.57. The highest BCUT2D eigenvalue weighted by molar-refractivity contribution is 5.76. The summed E-state index contributed by atoms with van der Waals surface area (Å²) in [5.74, 6) is -1.32. The van der Waals surface area contributed by atoms with Crippen LogP contribution < -0.4 is 5.32 Å². The summed E-state index contributed by atoms with van der Waals surface area (Å²) in [6.45, 7) is 11.2. The summed E-state index contributed by atoms with van der Waals surface area (Å²) in [6, 6.07) is 8.13. The fourth-order valence-corrected chi connectivity index (χ4v) is 14.6. The highest BCUT2D eigenvalue weighted by Gasteiger charge is 2.73. The van der Waals surface area contributed by atoms with Crippen LogP contribution in [0, 0.1) is 56.2 Å². The predicted octanol–water partition coefficient (Wildman–Crippen LogP) is 3.92. The van der Waals surface area contributed by atoms with E-state index in [9.17, 15) is 45.6 Å². The number of fused-ring (bicyclic) bond motifs is 7. The molecule has 0 amide bonds. The second-order valence-corrected chi connectivity index (χ2v) is 21.4. The average Bonchev–Trinajstić information content (AvgIpc) is 3.23. The maximum absolute atomic E-state index is 13.4. The Labute approximate surface area is 361 Å². The van der Waals surface area contributed by atoms with Gasteiger partial charge in [-0.25, -0.2) is 0 Å². The third-order valence-corrected chi connectivity index (χ3v) is 18.2. The van der Waals surface area contributed by atoms with Gasteiger partial charge in [-0.3, -0.25) is 4.79 Å². The first-order valence-electron chi connectivity index (χ1n) is 22.9. The molecule has 0 radical (unpaired) electrons. The Bertz CT molecular complexity index is 1740. The Hall–Kier alpha value is -2.01. The molecule has 5 fully saturated rings. The van der Waals surface area contributed by atoms with Gasteiger partial charge in [-0.15, -0.1) is 0 Å². The molecule has 1 saturated heterocycles. The number of aliphatic hydroxyl groups excluding tert-OH is 7. The SMILES string of the molecule is CNCc1ccc(COC2CC3(C)C(CCC4(C)C3C(CCCO)C=C3C5CC(C)(CO)CCC5(C(=O)O)CCC34C)C(C)(C(O)CO)C2OC2OCC(O)C(O)C2O)cc1. The van der Waals surface area contributed by atoms with E-state index in [-0.39, 0.29) is 60.9 Å². The zero-order valence-corrected chi connectivity index (χ0v) is 37.3. The number of aliphatic carboxylic acids is 1. The lowest BCUT2D eigenvalue weighted by Gasteiger charge is -2.73. The number of carboxylic acids is 1. The van der Waals surface area contributed by atoms with Gasteiger partial charge in [0.2, 0.25) is 0 Å². The molecule has 1 aromatic carbocycles. The van der Waals surface area contributed by atoms with E-state index >= 15 is 0 Å². The van der Waals surface area contributed by atoms with E-state index in [0.29, 0.717) is 64.3 Å². The Balaban J connectivity index is 1.36. The van der Waals surface area contributed by atoms with Crippen molar-refractivity contribution in [2.45, 2.75) is 155 Å². The van der Waals surface area contributed by atoms with Crippen LogP contribution in [0.2, 0.25) is 0 Å². The van der Waals surface area contributed by atoms with Crippen molar-refractivity contribution in [3.05, 3.63) is 47.0 Å². The summed E-state index contributed by atoms with van der Waals surface area (Å²) in [7, 11) is 1.90. The summed E-state index contributed by atoms with van der Waals surface area (Å²) < 4.78 is 19.6. The van der Waals surface area contributed by atoms with E-state index in [1.165, 1.54) is 5.57 Å². The van der Waals surface area contributed by atoms with Gasteiger partial charge in [0.25, 0.3) is 0 Å². The zero-order chi connectivity index (χ0) is 44.3. The topological polar surface area (TPSA) is 219 Å². The highest BCUT2D eigenvalue weighted by Crippen LogP contribution is 2.77. The van der Waals surface area contributed by atoms with Crippen LogP contribution in [0.15, 0.2) is 35.9 Å². The summed E-state index contributed by atoms with van der Waals surface area (Å²) in [5.41, 5.74) is -0.528. The number of allylic oxidation sites excluding steroid dienone is 2. The van der Waals surface area contributed by atoms with E-state index in [4.69, 9.17) is 14.2 Å². The molecule has 5 aliphatic carbocycles. The standard InChI is InChI=1S/C48H75NO12/c1-43(27-52)15-17-48(42(57)58)18-16-45(3)31(32(48)21-43)20-30(8-7-19-50)39-44(2)22-34(59-25-29-11-9-28(10-12-29)23-49-6)40(61-41-38(56)37(55)33(53)26-60-41)47(5,36(54)24-51)35(44)13-14-46(39,45)4/h9-12,20,30,32-41,49-56H,7-8,13-19,21-27H2,1-6H3,(H,57,58). The number of ether oxygens (including phenoxy) is 3. The highest BCUT2D eigenvalue weighted by atomic mass is 16.7. The summed E-state index contributed by atoms with van der Waals surface area (Å²) in [4.78, 5) is 13.4. The van der Waals surface area contributed by atoms with Crippen LogP contribution in [0.3, 0.4) is 0 Å². The molecular weight excluding hydrogens is 783 g/mol. The van der Waals surface area contributed by atoms with Gasteiger partial charge in [0.05, 0.1) is 43.5 Å². The van der Waals surface area contributed by atoms with Crippen LogP contribution in [0.1, 0.15) is 110 Å². The minimum atomic E-state index is -1.58. The molecular formula is C48H75NO12. The van der Waals surface area contributed by atoms with Gasteiger partial charge in [-0.05, 0) is 128 Å². The third-order valence-electron chi connectivity index (χ3n) is 18.2. The van der Waals surface area contributed by atoms with Gasteiger partial charge in [-0.2, -0.15) is 0 Å². The minimum absolute atomic E-state index is 0.00424. The van der Waals surface area contributed by atoms with Crippen LogP contribution in [0.25, 0.3) is 0 Å². The number of benzene rings is 1. The molecule has 17 unspecified atom stereocenters. The Morgan fingerprint density at radius 3 is 2.26 bits per heavy atom. The Morgan fingerprint density at radius 2 is 1.62 bits per heavy atom. The molecule has 17 atom stereocenters. The van der Waals surface area contributed by atoms with Gasteiger partial charge in [0.15, 0.2) is 6.29 Å². The lowest BCUT2D eigenvalue weighted by molar-refractivity contribution is -0.341. The van der Waals surface area contributed by atoms with Gasteiger partial charge >= 0.3 is 5.97 Å². The molecule has 0 aromatic heterocycles. The van der Waals surface area contributed by atoms with Crippen molar-refractivity contribution in [3.63, 3.8) is 0 Å². The largest absolute Gasteiger partial charge is 0.481 e. The number of hydrogen-bond donors (Lipinski definition) is 9.